The average molecular weight is 288 g/mol. The van der Waals surface area contributed by atoms with Crippen molar-refractivity contribution in [3.8, 4) is 0 Å². The van der Waals surface area contributed by atoms with Crippen LogP contribution in [-0.4, -0.2) is 23.9 Å². The number of carbonyl (C=O) groups excluding carboxylic acids is 2. The minimum absolute atomic E-state index is 0.00972. The van der Waals surface area contributed by atoms with Crippen LogP contribution in [0.4, 0.5) is 5.69 Å². The normalized spacial score (nSPS) is 22.7. The van der Waals surface area contributed by atoms with Gasteiger partial charge >= 0.3 is 0 Å². The molecule has 0 spiro atoms. The fourth-order valence-electron chi connectivity index (χ4n) is 2.79. The first kappa shape index (κ1) is 15.5. The zero-order chi connectivity index (χ0) is 15.7. The third-order valence-electron chi connectivity index (χ3n) is 4.16. The third kappa shape index (κ3) is 2.94. The van der Waals surface area contributed by atoms with Crippen molar-refractivity contribution in [3.05, 3.63) is 29.3 Å². The Morgan fingerprint density at radius 1 is 1.24 bits per heavy atom. The van der Waals surface area contributed by atoms with Gasteiger partial charge in [-0.15, -0.1) is 0 Å². The Balaban J connectivity index is 2.41. The van der Waals surface area contributed by atoms with Crippen molar-refractivity contribution in [2.75, 3.05) is 4.90 Å². The number of carbonyl (C=O) groups is 2. The van der Waals surface area contributed by atoms with E-state index in [0.29, 0.717) is 12.3 Å². The number of hydrogen-bond acceptors (Lipinski definition) is 2. The molecule has 2 unspecified atom stereocenters. The molecule has 1 aliphatic heterocycles. The van der Waals surface area contributed by atoms with Crippen LogP contribution in [0.25, 0.3) is 0 Å². The van der Waals surface area contributed by atoms with E-state index >= 15 is 0 Å². The highest BCUT2D eigenvalue weighted by molar-refractivity contribution is 6.08. The van der Waals surface area contributed by atoms with Crippen molar-refractivity contribution >= 4 is 17.5 Å². The Morgan fingerprint density at radius 3 is 2.52 bits per heavy atom. The number of amides is 2. The second-order valence-corrected chi connectivity index (χ2v) is 6.29. The third-order valence-corrected chi connectivity index (χ3v) is 4.16. The molecule has 4 heteroatoms. The molecule has 0 saturated carbocycles. The molecule has 1 saturated heterocycles. The van der Waals surface area contributed by atoms with Crippen molar-refractivity contribution in [2.45, 2.75) is 53.1 Å². The monoisotopic (exact) mass is 288 g/mol. The van der Waals surface area contributed by atoms with Gasteiger partial charge < -0.3 is 5.32 Å². The van der Waals surface area contributed by atoms with Crippen molar-refractivity contribution in [2.24, 2.45) is 5.92 Å². The molecule has 2 rings (SSSR count). The molecule has 1 aliphatic rings. The molecule has 1 heterocycles. The summed E-state index contributed by atoms with van der Waals surface area (Å²) >= 11 is 0. The zero-order valence-corrected chi connectivity index (χ0v) is 13.4. The lowest BCUT2D eigenvalue weighted by atomic mass is 9.97. The lowest BCUT2D eigenvalue weighted by Crippen LogP contribution is -2.63. The molecule has 1 aromatic rings. The summed E-state index contributed by atoms with van der Waals surface area (Å²) in [5, 5.41) is 2.85. The van der Waals surface area contributed by atoms with Crippen LogP contribution in [0.1, 0.15) is 38.3 Å². The fraction of sp³-hybridized carbons (Fsp3) is 0.529. The van der Waals surface area contributed by atoms with Gasteiger partial charge in [0, 0.05) is 5.69 Å². The Bertz CT molecular complexity index is 566. The second kappa shape index (κ2) is 5.88. The number of rotatable bonds is 3. The van der Waals surface area contributed by atoms with Gasteiger partial charge in [0.05, 0.1) is 0 Å². The lowest BCUT2D eigenvalue weighted by molar-refractivity contribution is -0.133. The molecule has 0 aliphatic carbocycles. The number of nitrogens with zero attached hydrogens (tertiary/aromatic N) is 1. The number of piperazine rings is 1. The lowest BCUT2D eigenvalue weighted by Gasteiger charge is -2.38. The number of anilines is 1. The number of aryl methyl sites for hydroxylation is 1. The molecule has 1 fully saturated rings. The van der Waals surface area contributed by atoms with Gasteiger partial charge in [0.25, 0.3) is 0 Å². The molecule has 1 N–H and O–H groups in total. The van der Waals surface area contributed by atoms with E-state index in [0.717, 1.165) is 16.8 Å². The minimum atomic E-state index is -0.471. The van der Waals surface area contributed by atoms with Gasteiger partial charge in [-0.3, -0.25) is 14.5 Å². The summed E-state index contributed by atoms with van der Waals surface area (Å²) in [5.41, 5.74) is 3.02. The predicted molar refractivity (Wildman–Crippen MR) is 84.2 cm³/mol. The quantitative estimate of drug-likeness (QED) is 0.929. The molecular weight excluding hydrogens is 264 g/mol. The van der Waals surface area contributed by atoms with E-state index in [4.69, 9.17) is 0 Å². The highest BCUT2D eigenvalue weighted by Crippen LogP contribution is 2.28. The molecule has 2 amide bonds. The highest BCUT2D eigenvalue weighted by atomic mass is 16.2. The number of nitrogens with one attached hydrogen (secondary N) is 1. The molecule has 1 aromatic carbocycles. The largest absolute Gasteiger partial charge is 0.342 e. The molecule has 0 radical (unpaired) electrons. The van der Waals surface area contributed by atoms with Gasteiger partial charge in [0.15, 0.2) is 0 Å². The molecule has 0 bridgehead atoms. The molecule has 114 valence electrons. The summed E-state index contributed by atoms with van der Waals surface area (Å²) < 4.78 is 0. The maximum Gasteiger partial charge on any atom is 0.250 e. The Labute approximate surface area is 126 Å². The van der Waals surface area contributed by atoms with Crippen LogP contribution >= 0.6 is 0 Å². The van der Waals surface area contributed by atoms with Crippen molar-refractivity contribution in [1.82, 2.24) is 5.32 Å². The van der Waals surface area contributed by atoms with E-state index in [1.165, 1.54) is 0 Å². The van der Waals surface area contributed by atoms with Crippen molar-refractivity contribution in [3.63, 3.8) is 0 Å². The summed E-state index contributed by atoms with van der Waals surface area (Å²) in [6, 6.07) is 4.97. The smallest absolute Gasteiger partial charge is 0.250 e. The van der Waals surface area contributed by atoms with Gasteiger partial charge in [-0.2, -0.15) is 0 Å². The van der Waals surface area contributed by atoms with Crippen molar-refractivity contribution < 1.29 is 9.59 Å². The Hall–Kier alpha value is -1.84. The van der Waals surface area contributed by atoms with E-state index in [2.05, 4.69) is 19.2 Å². The van der Waals surface area contributed by atoms with Crippen LogP contribution < -0.4 is 10.2 Å². The van der Waals surface area contributed by atoms with Gasteiger partial charge in [0.1, 0.15) is 12.1 Å². The summed E-state index contributed by atoms with van der Waals surface area (Å²) in [4.78, 5) is 26.7. The SMILES string of the molecule is Cc1cccc(N2C(=O)C(CC(C)C)NC(=O)C2C)c1C. The van der Waals surface area contributed by atoms with Crippen LogP contribution in [0.15, 0.2) is 18.2 Å². The van der Waals surface area contributed by atoms with Gasteiger partial charge in [-0.25, -0.2) is 0 Å². The molecule has 0 aromatic heterocycles. The minimum Gasteiger partial charge on any atom is -0.342 e. The van der Waals surface area contributed by atoms with Crippen LogP contribution in [0.5, 0.6) is 0 Å². The number of hydrogen-bond donors (Lipinski definition) is 1. The average Bonchev–Trinajstić information content (AvgIpc) is 2.40. The van der Waals surface area contributed by atoms with Crippen LogP contribution in [0.2, 0.25) is 0 Å². The van der Waals surface area contributed by atoms with Gasteiger partial charge in [0.2, 0.25) is 11.8 Å². The highest BCUT2D eigenvalue weighted by Gasteiger charge is 2.39. The predicted octanol–water partition coefficient (Wildman–Crippen LogP) is 2.57. The summed E-state index contributed by atoms with van der Waals surface area (Å²) in [7, 11) is 0. The van der Waals surface area contributed by atoms with E-state index in [-0.39, 0.29) is 11.8 Å². The number of benzene rings is 1. The first-order chi connectivity index (χ1) is 9.82. The molecule has 21 heavy (non-hydrogen) atoms. The summed E-state index contributed by atoms with van der Waals surface area (Å²) in [6.07, 6.45) is 0.665. The molecule has 2 atom stereocenters. The van der Waals surface area contributed by atoms with Gasteiger partial charge in [-0.05, 0) is 50.3 Å². The van der Waals surface area contributed by atoms with Gasteiger partial charge in [-0.1, -0.05) is 26.0 Å². The topological polar surface area (TPSA) is 49.4 Å². The summed E-state index contributed by atoms with van der Waals surface area (Å²) in [6.45, 7) is 9.90. The summed E-state index contributed by atoms with van der Waals surface area (Å²) in [5.74, 6) is 0.263. The van der Waals surface area contributed by atoms with Crippen LogP contribution in [0, 0.1) is 19.8 Å². The second-order valence-electron chi connectivity index (χ2n) is 6.29. The first-order valence-corrected chi connectivity index (χ1v) is 7.52. The van der Waals surface area contributed by atoms with E-state index in [1.54, 1.807) is 11.8 Å². The zero-order valence-electron chi connectivity index (χ0n) is 13.4. The van der Waals surface area contributed by atoms with Crippen molar-refractivity contribution in [1.29, 1.82) is 0 Å². The van der Waals surface area contributed by atoms with Crippen LogP contribution in [-0.2, 0) is 9.59 Å². The fourth-order valence-corrected chi connectivity index (χ4v) is 2.79. The maximum atomic E-state index is 12.8. The Morgan fingerprint density at radius 2 is 1.90 bits per heavy atom. The maximum absolute atomic E-state index is 12.8. The van der Waals surface area contributed by atoms with Crippen LogP contribution in [0.3, 0.4) is 0 Å². The first-order valence-electron chi connectivity index (χ1n) is 7.52. The van der Waals surface area contributed by atoms with E-state index < -0.39 is 12.1 Å². The van der Waals surface area contributed by atoms with E-state index in [9.17, 15) is 9.59 Å². The van der Waals surface area contributed by atoms with E-state index in [1.807, 2.05) is 32.0 Å². The molecule has 4 nitrogen and oxygen atoms in total. The molecular formula is C17H24N2O2. The standard InChI is InChI=1S/C17H24N2O2/c1-10(2)9-14-17(21)19(13(5)16(20)18-14)15-8-6-7-11(3)12(15)4/h6-8,10,13-14H,9H2,1-5H3,(H,18,20). The Kier molecular flexibility index (Phi) is 4.35.